The number of phenols is 1. The molecular weight excluding hydrogens is 364 g/mol. The number of nitrogens with one attached hydrogen (secondary N) is 1. The molecular formula is C20H17ClN4O2. The first kappa shape index (κ1) is 18.5. The zero-order valence-corrected chi connectivity index (χ0v) is 15.3. The van der Waals surface area contributed by atoms with Crippen LogP contribution in [0.4, 0.5) is 0 Å². The number of hydrogen-bond acceptors (Lipinski definition) is 4. The van der Waals surface area contributed by atoms with Crippen molar-refractivity contribution in [3.05, 3.63) is 70.9 Å². The Morgan fingerprint density at radius 2 is 2.04 bits per heavy atom. The fraction of sp³-hybridized carbons (Fsp3) is 0.150. The SMILES string of the molecule is C[C@@H](Cn1ccc(-c2ccc(C#N)c(Cl)c2)n1)NC(=O)c1ccc(O)cc1. The first-order valence-electron chi connectivity index (χ1n) is 8.29. The maximum atomic E-state index is 12.2. The molecule has 27 heavy (non-hydrogen) atoms. The number of hydrogen-bond donors (Lipinski definition) is 2. The van der Waals surface area contributed by atoms with E-state index in [1.807, 2.05) is 25.3 Å². The highest BCUT2D eigenvalue weighted by Gasteiger charge is 2.12. The molecule has 0 spiro atoms. The van der Waals surface area contributed by atoms with E-state index in [2.05, 4.69) is 10.4 Å². The molecule has 0 aliphatic heterocycles. The summed E-state index contributed by atoms with van der Waals surface area (Å²) in [6.45, 7) is 2.38. The summed E-state index contributed by atoms with van der Waals surface area (Å²) in [6, 6.07) is 15.0. The van der Waals surface area contributed by atoms with E-state index in [0.717, 1.165) is 11.3 Å². The van der Waals surface area contributed by atoms with E-state index < -0.39 is 0 Å². The number of amides is 1. The second kappa shape index (κ2) is 7.94. The zero-order chi connectivity index (χ0) is 19.4. The summed E-state index contributed by atoms with van der Waals surface area (Å²) >= 11 is 6.08. The van der Waals surface area contributed by atoms with Gasteiger partial charge < -0.3 is 10.4 Å². The van der Waals surface area contributed by atoms with Gasteiger partial charge in [-0.05, 0) is 49.4 Å². The van der Waals surface area contributed by atoms with Crippen LogP contribution in [-0.2, 0) is 6.54 Å². The van der Waals surface area contributed by atoms with Crippen LogP contribution in [-0.4, -0.2) is 26.8 Å². The first-order valence-corrected chi connectivity index (χ1v) is 8.67. The van der Waals surface area contributed by atoms with E-state index in [1.165, 1.54) is 12.1 Å². The molecule has 1 atom stereocenters. The molecule has 0 aliphatic carbocycles. The molecule has 7 heteroatoms. The third-order valence-electron chi connectivity index (χ3n) is 3.99. The van der Waals surface area contributed by atoms with E-state index in [-0.39, 0.29) is 17.7 Å². The Hall–Kier alpha value is -3.30. The van der Waals surface area contributed by atoms with Crippen molar-refractivity contribution in [2.75, 3.05) is 0 Å². The standard InChI is InChI=1S/C20H17ClN4O2/c1-13(23-20(27)14-4-6-17(26)7-5-14)12-25-9-8-19(24-25)15-2-3-16(11-22)18(21)10-15/h2-10,13,26H,12H2,1H3,(H,23,27)/t13-/m0/s1. The van der Waals surface area contributed by atoms with Crippen LogP contribution in [0, 0.1) is 11.3 Å². The summed E-state index contributed by atoms with van der Waals surface area (Å²) < 4.78 is 1.74. The quantitative estimate of drug-likeness (QED) is 0.707. The van der Waals surface area contributed by atoms with Crippen LogP contribution in [0.1, 0.15) is 22.8 Å². The highest BCUT2D eigenvalue weighted by molar-refractivity contribution is 6.32. The Morgan fingerprint density at radius 1 is 1.30 bits per heavy atom. The predicted molar refractivity (Wildman–Crippen MR) is 102 cm³/mol. The fourth-order valence-electron chi connectivity index (χ4n) is 2.63. The Kier molecular flexibility index (Phi) is 5.43. The summed E-state index contributed by atoms with van der Waals surface area (Å²) in [5, 5.41) is 26.0. The number of nitriles is 1. The highest BCUT2D eigenvalue weighted by Crippen LogP contribution is 2.24. The van der Waals surface area contributed by atoms with Gasteiger partial charge in [0.15, 0.2) is 0 Å². The second-order valence-electron chi connectivity index (χ2n) is 6.15. The van der Waals surface area contributed by atoms with Crippen molar-refractivity contribution in [2.24, 2.45) is 0 Å². The van der Waals surface area contributed by atoms with Gasteiger partial charge >= 0.3 is 0 Å². The molecule has 2 aromatic carbocycles. The van der Waals surface area contributed by atoms with Crippen molar-refractivity contribution in [1.82, 2.24) is 15.1 Å². The summed E-state index contributed by atoms with van der Waals surface area (Å²) in [7, 11) is 0. The molecule has 0 saturated carbocycles. The molecule has 6 nitrogen and oxygen atoms in total. The van der Waals surface area contributed by atoms with Gasteiger partial charge in [0, 0.05) is 23.4 Å². The number of halogens is 1. The van der Waals surface area contributed by atoms with Gasteiger partial charge in [-0.3, -0.25) is 9.48 Å². The maximum Gasteiger partial charge on any atom is 0.251 e. The van der Waals surface area contributed by atoms with Gasteiger partial charge in [-0.1, -0.05) is 17.7 Å². The zero-order valence-electron chi connectivity index (χ0n) is 14.6. The molecule has 1 aromatic heterocycles. The number of phenolic OH excluding ortho intramolecular Hbond substituents is 1. The Labute approximate surface area is 161 Å². The van der Waals surface area contributed by atoms with Crippen LogP contribution in [0.5, 0.6) is 5.75 Å². The molecule has 0 radical (unpaired) electrons. The van der Waals surface area contributed by atoms with Gasteiger partial charge in [0.05, 0.1) is 22.8 Å². The Bertz CT molecular complexity index is 1010. The van der Waals surface area contributed by atoms with Gasteiger partial charge in [0.1, 0.15) is 11.8 Å². The molecule has 0 bridgehead atoms. The highest BCUT2D eigenvalue weighted by atomic mass is 35.5. The molecule has 3 rings (SSSR count). The molecule has 0 unspecified atom stereocenters. The smallest absolute Gasteiger partial charge is 0.251 e. The van der Waals surface area contributed by atoms with Crippen LogP contribution in [0.3, 0.4) is 0 Å². The normalized spacial score (nSPS) is 11.6. The third kappa shape index (κ3) is 4.46. The van der Waals surface area contributed by atoms with Gasteiger partial charge in [-0.25, -0.2) is 0 Å². The van der Waals surface area contributed by atoms with Crippen LogP contribution >= 0.6 is 11.6 Å². The molecule has 2 N–H and O–H groups in total. The fourth-order valence-corrected chi connectivity index (χ4v) is 2.85. The van der Waals surface area contributed by atoms with Crippen molar-refractivity contribution < 1.29 is 9.90 Å². The number of rotatable bonds is 5. The molecule has 1 amide bonds. The van der Waals surface area contributed by atoms with Gasteiger partial charge in [-0.2, -0.15) is 10.4 Å². The molecule has 0 saturated heterocycles. The third-order valence-corrected chi connectivity index (χ3v) is 4.31. The van der Waals surface area contributed by atoms with E-state index in [4.69, 9.17) is 16.9 Å². The van der Waals surface area contributed by atoms with E-state index in [0.29, 0.717) is 22.7 Å². The van der Waals surface area contributed by atoms with Crippen molar-refractivity contribution >= 4 is 17.5 Å². The number of carbonyl (C=O) groups excluding carboxylic acids is 1. The summed E-state index contributed by atoms with van der Waals surface area (Å²) in [5.74, 6) is -0.0969. The average molecular weight is 381 g/mol. The predicted octanol–water partition coefficient (Wildman–Crippen LogP) is 3.60. The van der Waals surface area contributed by atoms with Crippen molar-refractivity contribution in [1.29, 1.82) is 5.26 Å². The van der Waals surface area contributed by atoms with Crippen LogP contribution in [0.25, 0.3) is 11.3 Å². The minimum Gasteiger partial charge on any atom is -0.508 e. The van der Waals surface area contributed by atoms with E-state index >= 15 is 0 Å². The van der Waals surface area contributed by atoms with Gasteiger partial charge in [-0.15, -0.1) is 0 Å². The number of aromatic nitrogens is 2. The van der Waals surface area contributed by atoms with E-state index in [1.54, 1.807) is 35.0 Å². The Balaban J connectivity index is 1.65. The number of carbonyl (C=O) groups is 1. The van der Waals surface area contributed by atoms with Crippen LogP contribution < -0.4 is 5.32 Å². The van der Waals surface area contributed by atoms with Crippen molar-refractivity contribution in [3.63, 3.8) is 0 Å². The minimum atomic E-state index is -0.214. The summed E-state index contributed by atoms with van der Waals surface area (Å²) in [6.07, 6.45) is 1.82. The van der Waals surface area contributed by atoms with Crippen LogP contribution in [0.2, 0.25) is 5.02 Å². The molecule has 3 aromatic rings. The molecule has 1 heterocycles. The maximum absolute atomic E-state index is 12.2. The molecule has 136 valence electrons. The average Bonchev–Trinajstić information content (AvgIpc) is 3.10. The summed E-state index contributed by atoms with van der Waals surface area (Å²) in [5.41, 5.74) is 2.45. The lowest BCUT2D eigenvalue weighted by molar-refractivity contribution is 0.0936. The summed E-state index contributed by atoms with van der Waals surface area (Å²) in [4.78, 5) is 12.2. The number of benzene rings is 2. The first-order chi connectivity index (χ1) is 13.0. The lowest BCUT2D eigenvalue weighted by Gasteiger charge is -2.14. The Morgan fingerprint density at radius 3 is 2.70 bits per heavy atom. The van der Waals surface area contributed by atoms with Gasteiger partial charge in [0.2, 0.25) is 0 Å². The number of aromatic hydroxyl groups is 1. The minimum absolute atomic E-state index is 0.117. The van der Waals surface area contributed by atoms with Crippen LogP contribution in [0.15, 0.2) is 54.7 Å². The lowest BCUT2D eigenvalue weighted by atomic mass is 10.1. The van der Waals surface area contributed by atoms with Crippen molar-refractivity contribution in [2.45, 2.75) is 19.5 Å². The monoisotopic (exact) mass is 380 g/mol. The lowest BCUT2D eigenvalue weighted by Crippen LogP contribution is -2.35. The number of nitrogens with zero attached hydrogens (tertiary/aromatic N) is 3. The van der Waals surface area contributed by atoms with Crippen molar-refractivity contribution in [3.8, 4) is 23.1 Å². The molecule has 0 aliphatic rings. The second-order valence-corrected chi connectivity index (χ2v) is 6.56. The van der Waals surface area contributed by atoms with Gasteiger partial charge in [0.25, 0.3) is 5.91 Å². The topological polar surface area (TPSA) is 90.9 Å². The molecule has 0 fully saturated rings. The van der Waals surface area contributed by atoms with E-state index in [9.17, 15) is 9.90 Å². The largest absolute Gasteiger partial charge is 0.508 e.